The minimum absolute atomic E-state index is 0.00407. The molecule has 15 heavy (non-hydrogen) atoms. The third-order valence-corrected chi connectivity index (χ3v) is 2.57. The van der Waals surface area contributed by atoms with Gasteiger partial charge in [-0.15, -0.1) is 0 Å². The lowest BCUT2D eigenvalue weighted by atomic mass is 10.4. The lowest BCUT2D eigenvalue weighted by Gasteiger charge is -2.03. The Bertz CT molecular complexity index is 348. The number of hydrogen-bond acceptors (Lipinski definition) is 3. The molecule has 2 rings (SSSR count). The van der Waals surface area contributed by atoms with Gasteiger partial charge in [-0.05, 0) is 25.7 Å². The van der Waals surface area contributed by atoms with Crippen LogP contribution in [-0.2, 0) is 11.3 Å². The molecule has 0 spiro atoms. The van der Waals surface area contributed by atoms with Crippen LogP contribution in [0.5, 0.6) is 0 Å². The number of nitrogens with one attached hydrogen (secondary N) is 1. The zero-order chi connectivity index (χ0) is 10.8. The SMILES string of the molecule is Cc1cn(CC(=O)NCC2CC2)nc1N. The highest BCUT2D eigenvalue weighted by Gasteiger charge is 2.21. The van der Waals surface area contributed by atoms with E-state index in [-0.39, 0.29) is 12.5 Å². The van der Waals surface area contributed by atoms with Crippen LogP contribution in [0.4, 0.5) is 5.82 Å². The van der Waals surface area contributed by atoms with E-state index in [1.165, 1.54) is 12.8 Å². The molecule has 1 aliphatic carbocycles. The fraction of sp³-hybridized carbons (Fsp3) is 0.600. The first kappa shape index (κ1) is 10.0. The monoisotopic (exact) mass is 208 g/mol. The van der Waals surface area contributed by atoms with Crippen molar-refractivity contribution in [2.45, 2.75) is 26.3 Å². The third-order valence-electron chi connectivity index (χ3n) is 2.57. The molecule has 0 radical (unpaired) electrons. The zero-order valence-corrected chi connectivity index (χ0v) is 8.86. The Morgan fingerprint density at radius 1 is 1.73 bits per heavy atom. The highest BCUT2D eigenvalue weighted by atomic mass is 16.2. The molecule has 5 nitrogen and oxygen atoms in total. The molecule has 0 bridgehead atoms. The molecule has 0 unspecified atom stereocenters. The van der Waals surface area contributed by atoms with Crippen molar-refractivity contribution in [1.82, 2.24) is 15.1 Å². The van der Waals surface area contributed by atoms with E-state index in [1.54, 1.807) is 10.9 Å². The van der Waals surface area contributed by atoms with Gasteiger partial charge in [-0.25, -0.2) is 0 Å². The van der Waals surface area contributed by atoms with Crippen LogP contribution >= 0.6 is 0 Å². The van der Waals surface area contributed by atoms with Gasteiger partial charge in [-0.2, -0.15) is 5.10 Å². The molecule has 1 heterocycles. The lowest BCUT2D eigenvalue weighted by molar-refractivity contribution is -0.121. The summed E-state index contributed by atoms with van der Waals surface area (Å²) in [6, 6.07) is 0. The van der Waals surface area contributed by atoms with Crippen LogP contribution in [-0.4, -0.2) is 22.2 Å². The van der Waals surface area contributed by atoms with Crippen LogP contribution < -0.4 is 11.1 Å². The zero-order valence-electron chi connectivity index (χ0n) is 8.86. The van der Waals surface area contributed by atoms with Gasteiger partial charge in [0.15, 0.2) is 0 Å². The maximum atomic E-state index is 11.5. The highest BCUT2D eigenvalue weighted by molar-refractivity contribution is 5.75. The summed E-state index contributed by atoms with van der Waals surface area (Å²) >= 11 is 0. The van der Waals surface area contributed by atoms with Crippen molar-refractivity contribution < 1.29 is 4.79 Å². The number of nitrogens with zero attached hydrogens (tertiary/aromatic N) is 2. The number of aryl methyl sites for hydroxylation is 1. The maximum absolute atomic E-state index is 11.5. The van der Waals surface area contributed by atoms with E-state index < -0.39 is 0 Å². The van der Waals surface area contributed by atoms with Gasteiger partial charge in [0.2, 0.25) is 5.91 Å². The number of aromatic nitrogens is 2. The number of rotatable bonds is 4. The molecule has 1 amide bonds. The Hall–Kier alpha value is -1.52. The maximum Gasteiger partial charge on any atom is 0.241 e. The molecule has 0 aliphatic heterocycles. The third kappa shape index (κ3) is 2.71. The molecule has 0 atom stereocenters. The van der Waals surface area contributed by atoms with Gasteiger partial charge in [0.1, 0.15) is 12.4 Å². The van der Waals surface area contributed by atoms with Crippen molar-refractivity contribution in [3.63, 3.8) is 0 Å². The summed E-state index contributed by atoms with van der Waals surface area (Å²) in [5.41, 5.74) is 6.49. The Balaban J connectivity index is 1.81. The van der Waals surface area contributed by atoms with Crippen molar-refractivity contribution >= 4 is 11.7 Å². The van der Waals surface area contributed by atoms with Gasteiger partial charge in [0.05, 0.1) is 0 Å². The van der Waals surface area contributed by atoms with Crippen molar-refractivity contribution in [2.75, 3.05) is 12.3 Å². The Kier molecular flexibility index (Phi) is 2.62. The Labute approximate surface area is 88.6 Å². The predicted molar refractivity (Wildman–Crippen MR) is 57.1 cm³/mol. The first-order chi connectivity index (χ1) is 7.15. The van der Waals surface area contributed by atoms with E-state index in [0.29, 0.717) is 11.7 Å². The number of anilines is 1. The summed E-state index contributed by atoms with van der Waals surface area (Å²) < 4.78 is 1.58. The fourth-order valence-corrected chi connectivity index (χ4v) is 1.40. The summed E-state index contributed by atoms with van der Waals surface area (Å²) in [7, 11) is 0. The Morgan fingerprint density at radius 2 is 2.47 bits per heavy atom. The molecule has 1 fully saturated rings. The van der Waals surface area contributed by atoms with Gasteiger partial charge in [-0.3, -0.25) is 9.48 Å². The molecule has 1 aromatic rings. The molecule has 0 aromatic carbocycles. The van der Waals surface area contributed by atoms with Crippen LogP contribution in [0.1, 0.15) is 18.4 Å². The van der Waals surface area contributed by atoms with E-state index in [4.69, 9.17) is 5.73 Å². The molecule has 3 N–H and O–H groups in total. The van der Waals surface area contributed by atoms with Crippen molar-refractivity contribution in [2.24, 2.45) is 5.92 Å². The summed E-state index contributed by atoms with van der Waals surface area (Å²) in [6.45, 7) is 2.93. The fourth-order valence-electron chi connectivity index (χ4n) is 1.40. The molecular formula is C10H16N4O. The second kappa shape index (κ2) is 3.92. The number of nitrogen functional groups attached to an aromatic ring is 1. The van der Waals surface area contributed by atoms with E-state index in [1.807, 2.05) is 6.92 Å². The van der Waals surface area contributed by atoms with Crippen molar-refractivity contribution in [1.29, 1.82) is 0 Å². The predicted octanol–water partition coefficient (Wildman–Crippen LogP) is 0.300. The minimum atomic E-state index is 0.00407. The van der Waals surface area contributed by atoms with Gasteiger partial charge in [-0.1, -0.05) is 0 Å². The molecule has 1 saturated carbocycles. The number of amides is 1. The summed E-state index contributed by atoms with van der Waals surface area (Å²) in [5.74, 6) is 1.20. The molecular weight excluding hydrogens is 192 g/mol. The quantitative estimate of drug-likeness (QED) is 0.747. The number of carbonyl (C=O) groups is 1. The van der Waals surface area contributed by atoms with Crippen LogP contribution in [0.25, 0.3) is 0 Å². The van der Waals surface area contributed by atoms with Gasteiger partial charge >= 0.3 is 0 Å². The topological polar surface area (TPSA) is 72.9 Å². The molecule has 1 aliphatic rings. The summed E-state index contributed by atoms with van der Waals surface area (Å²) in [5, 5.41) is 6.91. The second-order valence-electron chi connectivity index (χ2n) is 4.14. The van der Waals surface area contributed by atoms with E-state index >= 15 is 0 Å². The first-order valence-electron chi connectivity index (χ1n) is 5.21. The standard InChI is InChI=1S/C10H16N4O/c1-7-5-14(13-10(7)11)6-9(15)12-4-8-2-3-8/h5,8H,2-4,6H2,1H3,(H2,11,13)(H,12,15). The lowest BCUT2D eigenvalue weighted by Crippen LogP contribution is -2.29. The van der Waals surface area contributed by atoms with Crippen LogP contribution in [0.15, 0.2) is 6.20 Å². The molecule has 1 aromatic heterocycles. The molecule has 82 valence electrons. The number of carbonyl (C=O) groups excluding carboxylic acids is 1. The van der Waals surface area contributed by atoms with Gasteiger partial charge in [0.25, 0.3) is 0 Å². The van der Waals surface area contributed by atoms with Crippen molar-refractivity contribution in [3.8, 4) is 0 Å². The Morgan fingerprint density at radius 3 is 3.00 bits per heavy atom. The molecule has 0 saturated heterocycles. The first-order valence-corrected chi connectivity index (χ1v) is 5.21. The second-order valence-corrected chi connectivity index (χ2v) is 4.14. The van der Waals surface area contributed by atoms with Crippen LogP contribution in [0.2, 0.25) is 0 Å². The minimum Gasteiger partial charge on any atom is -0.382 e. The normalized spacial score (nSPS) is 15.3. The highest BCUT2D eigenvalue weighted by Crippen LogP contribution is 2.27. The average molecular weight is 208 g/mol. The van der Waals surface area contributed by atoms with E-state index in [2.05, 4.69) is 10.4 Å². The summed E-state index contributed by atoms with van der Waals surface area (Å²) in [4.78, 5) is 11.5. The number of nitrogens with two attached hydrogens (primary N) is 1. The van der Waals surface area contributed by atoms with E-state index in [0.717, 1.165) is 12.1 Å². The molecule has 5 heteroatoms. The van der Waals surface area contributed by atoms with Crippen LogP contribution in [0.3, 0.4) is 0 Å². The largest absolute Gasteiger partial charge is 0.382 e. The van der Waals surface area contributed by atoms with Crippen LogP contribution in [0, 0.1) is 12.8 Å². The summed E-state index contributed by atoms with van der Waals surface area (Å²) in [6.07, 6.45) is 4.27. The van der Waals surface area contributed by atoms with Gasteiger partial charge in [0, 0.05) is 18.3 Å². The van der Waals surface area contributed by atoms with E-state index in [9.17, 15) is 4.79 Å². The van der Waals surface area contributed by atoms with Crippen molar-refractivity contribution in [3.05, 3.63) is 11.8 Å². The average Bonchev–Trinajstić information content (AvgIpc) is 2.93. The number of hydrogen-bond donors (Lipinski definition) is 2. The van der Waals surface area contributed by atoms with Gasteiger partial charge < -0.3 is 11.1 Å². The smallest absolute Gasteiger partial charge is 0.241 e.